The maximum absolute atomic E-state index is 12.6. The summed E-state index contributed by atoms with van der Waals surface area (Å²) < 4.78 is 23.5. The van der Waals surface area contributed by atoms with Crippen molar-refractivity contribution in [3.63, 3.8) is 0 Å². The number of rotatable bonds is 5. The molecule has 0 radical (unpaired) electrons. The van der Waals surface area contributed by atoms with Gasteiger partial charge in [0.25, 0.3) is 5.91 Å². The summed E-state index contributed by atoms with van der Waals surface area (Å²) in [5.41, 5.74) is 1.54. The zero-order chi connectivity index (χ0) is 20.3. The average molecular weight is 421 g/mol. The number of carbonyl (C=O) groups excluding carboxylic acids is 2. The van der Waals surface area contributed by atoms with Crippen molar-refractivity contribution in [1.82, 2.24) is 4.90 Å². The largest absolute Gasteiger partial charge is 0.338 e. The first kappa shape index (κ1) is 20.4. The molecule has 2 aromatic carbocycles. The van der Waals surface area contributed by atoms with Crippen LogP contribution < -0.4 is 5.32 Å². The lowest BCUT2D eigenvalue weighted by Crippen LogP contribution is -2.34. The monoisotopic (exact) mass is 420 g/mol. The van der Waals surface area contributed by atoms with Crippen molar-refractivity contribution in [1.29, 1.82) is 0 Å². The van der Waals surface area contributed by atoms with Gasteiger partial charge >= 0.3 is 0 Å². The van der Waals surface area contributed by atoms with Crippen molar-refractivity contribution in [3.8, 4) is 0 Å². The number of likely N-dealkylation sites (tertiary alicyclic amines) is 1. The topological polar surface area (TPSA) is 83.6 Å². The van der Waals surface area contributed by atoms with Gasteiger partial charge in [-0.1, -0.05) is 23.7 Å². The number of hydrogen-bond acceptors (Lipinski definition) is 4. The Balaban J connectivity index is 1.77. The molecule has 0 unspecified atom stereocenters. The van der Waals surface area contributed by atoms with E-state index in [-0.39, 0.29) is 21.4 Å². The van der Waals surface area contributed by atoms with Crippen LogP contribution in [0.4, 0.5) is 5.69 Å². The number of halogens is 1. The Morgan fingerprint density at radius 1 is 1.18 bits per heavy atom. The quantitative estimate of drug-likeness (QED) is 0.802. The molecule has 1 fully saturated rings. The van der Waals surface area contributed by atoms with E-state index >= 15 is 0 Å². The molecule has 6 nitrogen and oxygen atoms in total. The number of carbonyl (C=O) groups is 2. The number of sulfone groups is 1. The van der Waals surface area contributed by atoms with Crippen molar-refractivity contribution in [2.45, 2.75) is 30.7 Å². The van der Waals surface area contributed by atoms with E-state index in [0.717, 1.165) is 31.2 Å². The minimum Gasteiger partial charge on any atom is -0.338 e. The normalized spacial score (nSPS) is 14.8. The Morgan fingerprint density at radius 2 is 1.96 bits per heavy atom. The molecule has 1 saturated heterocycles. The van der Waals surface area contributed by atoms with Crippen LogP contribution in [0.5, 0.6) is 0 Å². The van der Waals surface area contributed by atoms with Crippen LogP contribution in [-0.2, 0) is 21.2 Å². The van der Waals surface area contributed by atoms with Crippen LogP contribution in [0.2, 0.25) is 5.02 Å². The fourth-order valence-electron chi connectivity index (χ4n) is 3.10. The first-order valence-corrected chi connectivity index (χ1v) is 11.2. The third-order valence-electron chi connectivity index (χ3n) is 4.59. The lowest BCUT2D eigenvalue weighted by molar-refractivity contribution is -0.133. The van der Waals surface area contributed by atoms with Gasteiger partial charge in [-0.15, -0.1) is 0 Å². The number of benzene rings is 2. The zero-order valence-electron chi connectivity index (χ0n) is 15.4. The minimum atomic E-state index is -3.45. The van der Waals surface area contributed by atoms with Crippen molar-refractivity contribution in [3.05, 3.63) is 58.6 Å². The smallest absolute Gasteiger partial charge is 0.257 e. The molecule has 148 valence electrons. The van der Waals surface area contributed by atoms with E-state index in [0.29, 0.717) is 18.7 Å². The van der Waals surface area contributed by atoms with E-state index in [4.69, 9.17) is 11.6 Å². The average Bonchev–Trinajstić information content (AvgIpc) is 2.63. The molecule has 0 saturated carbocycles. The van der Waals surface area contributed by atoms with E-state index < -0.39 is 15.7 Å². The maximum atomic E-state index is 12.6. The number of nitrogens with zero attached hydrogens (tertiary/aromatic N) is 1. The first-order chi connectivity index (χ1) is 13.2. The van der Waals surface area contributed by atoms with Crippen molar-refractivity contribution in [2.75, 3.05) is 18.1 Å². The van der Waals surface area contributed by atoms with Crippen molar-refractivity contribution in [2.24, 2.45) is 0 Å². The van der Waals surface area contributed by atoms with Crippen LogP contribution in [0.1, 0.15) is 35.2 Å². The summed E-state index contributed by atoms with van der Waals surface area (Å²) in [6, 6.07) is 11.3. The third kappa shape index (κ3) is 4.91. The molecule has 3 rings (SSSR count). The summed E-state index contributed by atoms with van der Waals surface area (Å²) in [4.78, 5) is 26.4. The standard InChI is InChI=1S/C20H21ClN2O4S/c1-28(26,27)16-8-9-18(21)17(12-16)20(25)22-15-6-4-5-14(11-15)13-23-10-3-2-7-19(23)24/h4-6,8-9,11-12H,2-3,7,10,13H2,1H3,(H,22,25). The Hall–Kier alpha value is -2.38. The Labute approximate surface area is 169 Å². The minimum absolute atomic E-state index is 0.0272. The molecule has 0 aromatic heterocycles. The van der Waals surface area contributed by atoms with Gasteiger partial charge in [0.2, 0.25) is 5.91 Å². The molecule has 0 spiro atoms. The highest BCUT2D eigenvalue weighted by Crippen LogP contribution is 2.23. The summed E-state index contributed by atoms with van der Waals surface area (Å²) in [5.74, 6) is -0.355. The van der Waals surface area contributed by atoms with Gasteiger partial charge < -0.3 is 10.2 Å². The van der Waals surface area contributed by atoms with Crippen LogP contribution >= 0.6 is 11.6 Å². The number of anilines is 1. The fourth-order valence-corrected chi connectivity index (χ4v) is 3.95. The predicted octanol–water partition coefficient (Wildman–Crippen LogP) is 3.51. The van der Waals surface area contributed by atoms with Gasteiger partial charge in [0.05, 0.1) is 15.5 Å². The molecular formula is C20H21ClN2O4S. The molecule has 2 amide bonds. The van der Waals surface area contributed by atoms with E-state index in [9.17, 15) is 18.0 Å². The molecule has 0 aliphatic carbocycles. The van der Waals surface area contributed by atoms with Crippen LogP contribution in [0, 0.1) is 0 Å². The molecular weight excluding hydrogens is 400 g/mol. The van der Waals surface area contributed by atoms with Crippen LogP contribution in [0.15, 0.2) is 47.4 Å². The third-order valence-corrected chi connectivity index (χ3v) is 6.03. The van der Waals surface area contributed by atoms with Crippen LogP contribution in [0.25, 0.3) is 0 Å². The zero-order valence-corrected chi connectivity index (χ0v) is 17.0. The lowest BCUT2D eigenvalue weighted by atomic mass is 10.1. The van der Waals surface area contributed by atoms with Gasteiger partial charge in [0, 0.05) is 31.5 Å². The van der Waals surface area contributed by atoms with Gasteiger partial charge in [-0.05, 0) is 48.7 Å². The van der Waals surface area contributed by atoms with Gasteiger partial charge in [-0.3, -0.25) is 9.59 Å². The van der Waals surface area contributed by atoms with Crippen molar-refractivity contribution < 1.29 is 18.0 Å². The van der Waals surface area contributed by atoms with E-state index in [2.05, 4.69) is 5.32 Å². The maximum Gasteiger partial charge on any atom is 0.257 e. The second kappa shape index (κ2) is 8.32. The van der Waals surface area contributed by atoms with Crippen molar-refractivity contribution >= 4 is 38.9 Å². The van der Waals surface area contributed by atoms with Gasteiger partial charge in [0.1, 0.15) is 0 Å². The second-order valence-electron chi connectivity index (χ2n) is 6.84. The molecule has 1 N–H and O–H groups in total. The number of hydrogen-bond donors (Lipinski definition) is 1. The van der Waals surface area contributed by atoms with Crippen LogP contribution in [0.3, 0.4) is 0 Å². The highest BCUT2D eigenvalue weighted by atomic mass is 35.5. The number of piperidine rings is 1. The molecule has 1 heterocycles. The Kier molecular flexibility index (Phi) is 6.05. The van der Waals surface area contributed by atoms with Gasteiger partial charge in [-0.2, -0.15) is 0 Å². The first-order valence-electron chi connectivity index (χ1n) is 8.92. The molecule has 2 aromatic rings. The summed E-state index contributed by atoms with van der Waals surface area (Å²) >= 11 is 6.08. The predicted molar refractivity (Wildman–Crippen MR) is 108 cm³/mol. The molecule has 28 heavy (non-hydrogen) atoms. The summed E-state index contributed by atoms with van der Waals surface area (Å²) in [6.45, 7) is 1.23. The van der Waals surface area contributed by atoms with Gasteiger partial charge in [0.15, 0.2) is 9.84 Å². The highest BCUT2D eigenvalue weighted by Gasteiger charge is 2.19. The molecule has 0 atom stereocenters. The SMILES string of the molecule is CS(=O)(=O)c1ccc(Cl)c(C(=O)Nc2cccc(CN3CCCCC3=O)c2)c1. The molecule has 8 heteroatoms. The fraction of sp³-hybridized carbons (Fsp3) is 0.300. The summed E-state index contributed by atoms with van der Waals surface area (Å²) in [6.07, 6.45) is 3.57. The summed E-state index contributed by atoms with van der Waals surface area (Å²) in [7, 11) is -3.45. The molecule has 0 bridgehead atoms. The lowest BCUT2D eigenvalue weighted by Gasteiger charge is -2.26. The van der Waals surface area contributed by atoms with E-state index in [1.165, 1.54) is 18.2 Å². The van der Waals surface area contributed by atoms with E-state index in [1.807, 2.05) is 11.0 Å². The Morgan fingerprint density at radius 3 is 2.68 bits per heavy atom. The van der Waals surface area contributed by atoms with Gasteiger partial charge in [-0.25, -0.2) is 8.42 Å². The Bertz CT molecular complexity index is 1020. The molecule has 1 aliphatic heterocycles. The van der Waals surface area contributed by atoms with E-state index in [1.54, 1.807) is 18.2 Å². The molecule has 1 aliphatic rings. The number of amides is 2. The second-order valence-corrected chi connectivity index (χ2v) is 9.26. The highest BCUT2D eigenvalue weighted by molar-refractivity contribution is 7.90. The van der Waals surface area contributed by atoms with Crippen LogP contribution in [-0.4, -0.2) is 37.9 Å². The summed E-state index contributed by atoms with van der Waals surface area (Å²) in [5, 5.41) is 2.91. The number of nitrogens with one attached hydrogen (secondary N) is 1.